The van der Waals surface area contributed by atoms with Crippen LogP contribution in [0.25, 0.3) is 0 Å². The molecule has 20 heavy (non-hydrogen) atoms. The lowest BCUT2D eigenvalue weighted by molar-refractivity contribution is -0.0328. The predicted octanol–water partition coefficient (Wildman–Crippen LogP) is 3.66. The Kier molecular flexibility index (Phi) is 5.35. The van der Waals surface area contributed by atoms with Crippen molar-refractivity contribution >= 4 is 11.8 Å². The zero-order valence-electron chi connectivity index (χ0n) is 11.1. The summed E-state index contributed by atoms with van der Waals surface area (Å²) in [6, 6.07) is 7.33. The van der Waals surface area contributed by atoms with Crippen molar-refractivity contribution in [1.29, 1.82) is 0 Å². The van der Waals surface area contributed by atoms with Gasteiger partial charge in [-0.05, 0) is 55.1 Å². The van der Waals surface area contributed by atoms with E-state index < -0.39 is 5.51 Å². The van der Waals surface area contributed by atoms with Crippen LogP contribution in [0.15, 0.2) is 29.2 Å². The van der Waals surface area contributed by atoms with E-state index in [1.165, 1.54) is 12.1 Å². The minimum Gasteiger partial charge on any atom is -0.328 e. The van der Waals surface area contributed by atoms with Gasteiger partial charge in [-0.2, -0.15) is 13.2 Å². The highest BCUT2D eigenvalue weighted by atomic mass is 32.2. The van der Waals surface area contributed by atoms with E-state index in [-0.39, 0.29) is 16.7 Å². The number of hydrogen-bond donors (Lipinski definition) is 2. The molecule has 0 aromatic heterocycles. The van der Waals surface area contributed by atoms with Crippen LogP contribution in [0.1, 0.15) is 31.2 Å². The van der Waals surface area contributed by atoms with Crippen LogP contribution in [0.5, 0.6) is 0 Å². The number of nitrogens with two attached hydrogens (primary N) is 1. The van der Waals surface area contributed by atoms with Gasteiger partial charge >= 0.3 is 5.51 Å². The predicted molar refractivity (Wildman–Crippen MR) is 75.4 cm³/mol. The molecule has 0 atom stereocenters. The van der Waals surface area contributed by atoms with Crippen LogP contribution in [-0.4, -0.2) is 17.6 Å². The van der Waals surface area contributed by atoms with Crippen LogP contribution in [-0.2, 0) is 6.54 Å². The molecule has 2 rings (SSSR count). The second-order valence-corrected chi connectivity index (χ2v) is 6.32. The minimum atomic E-state index is -4.22. The number of alkyl halides is 3. The molecule has 0 amide bonds. The van der Waals surface area contributed by atoms with Crippen molar-refractivity contribution in [2.24, 2.45) is 5.73 Å². The normalized spacial score (nSPS) is 23.8. The summed E-state index contributed by atoms with van der Waals surface area (Å²) in [6.07, 6.45) is 4.23. The molecular formula is C14H19F3N2S. The largest absolute Gasteiger partial charge is 0.446 e. The fourth-order valence-corrected chi connectivity index (χ4v) is 2.93. The Labute approximate surface area is 121 Å². The third kappa shape index (κ3) is 5.34. The summed E-state index contributed by atoms with van der Waals surface area (Å²) in [5, 5.41) is 3.44. The Bertz CT molecular complexity index is 411. The second-order valence-electron chi connectivity index (χ2n) is 5.18. The second kappa shape index (κ2) is 6.83. The molecule has 1 aliphatic rings. The molecule has 0 unspecified atom stereocenters. The van der Waals surface area contributed by atoms with E-state index in [1.807, 2.05) is 0 Å². The Hall–Kier alpha value is -0.720. The molecule has 1 aromatic carbocycles. The van der Waals surface area contributed by atoms with Gasteiger partial charge < -0.3 is 11.1 Å². The summed E-state index contributed by atoms with van der Waals surface area (Å²) in [5.74, 6) is 0. The highest BCUT2D eigenvalue weighted by Crippen LogP contribution is 2.36. The molecule has 1 aromatic rings. The fraction of sp³-hybridized carbons (Fsp3) is 0.571. The first-order valence-electron chi connectivity index (χ1n) is 6.76. The quantitative estimate of drug-likeness (QED) is 0.834. The molecule has 3 N–H and O–H groups in total. The van der Waals surface area contributed by atoms with E-state index in [4.69, 9.17) is 5.73 Å². The fourth-order valence-electron chi connectivity index (χ4n) is 2.39. The zero-order valence-corrected chi connectivity index (χ0v) is 11.9. The van der Waals surface area contributed by atoms with Crippen molar-refractivity contribution in [3.05, 3.63) is 29.8 Å². The van der Waals surface area contributed by atoms with Gasteiger partial charge in [0.1, 0.15) is 0 Å². The van der Waals surface area contributed by atoms with Gasteiger partial charge in [-0.25, -0.2) is 0 Å². The van der Waals surface area contributed by atoms with Gasteiger partial charge in [0, 0.05) is 23.5 Å². The Morgan fingerprint density at radius 1 is 1.10 bits per heavy atom. The smallest absolute Gasteiger partial charge is 0.328 e. The van der Waals surface area contributed by atoms with Crippen LogP contribution in [0.2, 0.25) is 0 Å². The third-order valence-electron chi connectivity index (χ3n) is 3.52. The molecule has 0 saturated heterocycles. The van der Waals surface area contributed by atoms with Gasteiger partial charge in [0.05, 0.1) is 0 Å². The summed E-state index contributed by atoms with van der Waals surface area (Å²) in [5.41, 5.74) is 2.63. The lowest BCUT2D eigenvalue weighted by Crippen LogP contribution is -2.36. The van der Waals surface area contributed by atoms with Gasteiger partial charge in [-0.15, -0.1) is 0 Å². The highest BCUT2D eigenvalue weighted by molar-refractivity contribution is 8.00. The molecule has 6 heteroatoms. The van der Waals surface area contributed by atoms with Crippen LogP contribution in [0, 0.1) is 0 Å². The molecule has 0 heterocycles. The van der Waals surface area contributed by atoms with E-state index in [0.717, 1.165) is 31.2 Å². The molecule has 1 saturated carbocycles. The van der Waals surface area contributed by atoms with Crippen molar-refractivity contribution in [3.63, 3.8) is 0 Å². The van der Waals surface area contributed by atoms with E-state index in [1.54, 1.807) is 12.1 Å². The average molecular weight is 304 g/mol. The first-order chi connectivity index (χ1) is 9.42. The highest BCUT2D eigenvalue weighted by Gasteiger charge is 2.29. The van der Waals surface area contributed by atoms with Gasteiger partial charge in [0.2, 0.25) is 0 Å². The molecule has 0 radical (unpaired) electrons. The number of halogens is 3. The van der Waals surface area contributed by atoms with E-state index in [2.05, 4.69) is 5.32 Å². The van der Waals surface area contributed by atoms with Crippen LogP contribution >= 0.6 is 11.8 Å². The summed E-state index contributed by atoms with van der Waals surface area (Å²) in [6.45, 7) is 0.691. The SMILES string of the molecule is NC1CCC(NCc2ccc(SC(F)(F)F)cc2)CC1. The number of hydrogen-bond acceptors (Lipinski definition) is 3. The van der Waals surface area contributed by atoms with Crippen molar-refractivity contribution in [2.75, 3.05) is 0 Å². The van der Waals surface area contributed by atoms with Crippen LogP contribution in [0.4, 0.5) is 13.2 Å². The summed E-state index contributed by atoms with van der Waals surface area (Å²) in [7, 11) is 0. The van der Waals surface area contributed by atoms with Gasteiger partial charge in [0.15, 0.2) is 0 Å². The minimum absolute atomic E-state index is 0.0785. The van der Waals surface area contributed by atoms with Crippen molar-refractivity contribution < 1.29 is 13.2 Å². The maximum Gasteiger partial charge on any atom is 0.446 e. The van der Waals surface area contributed by atoms with Crippen molar-refractivity contribution in [1.82, 2.24) is 5.32 Å². The number of nitrogens with one attached hydrogen (secondary N) is 1. The molecule has 0 aliphatic heterocycles. The number of thioether (sulfide) groups is 1. The standard InChI is InChI=1S/C14H19F3N2S/c15-14(16,17)20-13-7-1-10(2-8-13)9-19-12-5-3-11(18)4-6-12/h1-2,7-8,11-12,19H,3-6,9,18H2. The van der Waals surface area contributed by atoms with Crippen molar-refractivity contribution in [2.45, 2.75) is 54.7 Å². The number of benzene rings is 1. The van der Waals surface area contributed by atoms with E-state index in [0.29, 0.717) is 18.6 Å². The molecule has 0 bridgehead atoms. The van der Waals surface area contributed by atoms with Crippen LogP contribution < -0.4 is 11.1 Å². The lowest BCUT2D eigenvalue weighted by Gasteiger charge is -2.27. The van der Waals surface area contributed by atoms with E-state index >= 15 is 0 Å². The first-order valence-corrected chi connectivity index (χ1v) is 7.58. The van der Waals surface area contributed by atoms with Gasteiger partial charge in [0.25, 0.3) is 0 Å². The Morgan fingerprint density at radius 3 is 2.25 bits per heavy atom. The molecule has 1 aliphatic carbocycles. The Balaban J connectivity index is 1.79. The summed E-state index contributed by atoms with van der Waals surface area (Å²) in [4.78, 5) is 0.227. The molecule has 112 valence electrons. The molecule has 2 nitrogen and oxygen atoms in total. The van der Waals surface area contributed by atoms with Crippen molar-refractivity contribution in [3.8, 4) is 0 Å². The summed E-state index contributed by atoms with van der Waals surface area (Å²) >= 11 is -0.0785. The maximum atomic E-state index is 12.2. The topological polar surface area (TPSA) is 38.0 Å². The average Bonchev–Trinajstić information content (AvgIpc) is 2.38. The third-order valence-corrected chi connectivity index (χ3v) is 4.26. The molecular weight excluding hydrogens is 285 g/mol. The Morgan fingerprint density at radius 2 is 1.70 bits per heavy atom. The monoisotopic (exact) mass is 304 g/mol. The van der Waals surface area contributed by atoms with E-state index in [9.17, 15) is 13.2 Å². The maximum absolute atomic E-state index is 12.2. The summed E-state index contributed by atoms with van der Waals surface area (Å²) < 4.78 is 36.6. The number of rotatable bonds is 4. The zero-order chi connectivity index (χ0) is 14.6. The molecule has 0 spiro atoms. The first kappa shape index (κ1) is 15.7. The van der Waals surface area contributed by atoms with Gasteiger partial charge in [-0.1, -0.05) is 12.1 Å². The van der Waals surface area contributed by atoms with Gasteiger partial charge in [-0.3, -0.25) is 0 Å². The van der Waals surface area contributed by atoms with Crippen LogP contribution in [0.3, 0.4) is 0 Å². The lowest BCUT2D eigenvalue weighted by atomic mass is 9.92. The molecule has 1 fully saturated rings.